The Kier molecular flexibility index (Phi) is 9.38. The van der Waals surface area contributed by atoms with Gasteiger partial charge in [-0.05, 0) is 44.8 Å². The summed E-state index contributed by atoms with van der Waals surface area (Å²) in [5.41, 5.74) is 1.25. The van der Waals surface area contributed by atoms with E-state index < -0.39 is 0 Å². The topological polar surface area (TPSA) is 24.1 Å². The van der Waals surface area contributed by atoms with Gasteiger partial charge < -0.3 is 10.6 Å². The van der Waals surface area contributed by atoms with Crippen molar-refractivity contribution < 1.29 is 0 Å². The molecule has 0 aromatic heterocycles. The molecule has 1 fully saturated rings. The molecular weight excluding hydrogens is 232 g/mol. The molecule has 0 unspecified atom stereocenters. The van der Waals surface area contributed by atoms with Gasteiger partial charge in [-0.2, -0.15) is 0 Å². The van der Waals surface area contributed by atoms with Gasteiger partial charge in [0.2, 0.25) is 0 Å². The van der Waals surface area contributed by atoms with Crippen molar-refractivity contribution in [3.63, 3.8) is 0 Å². The lowest BCUT2D eigenvalue weighted by atomic mass is 9.95. The summed E-state index contributed by atoms with van der Waals surface area (Å²) in [6.07, 6.45) is 16.3. The summed E-state index contributed by atoms with van der Waals surface area (Å²) in [5.74, 6) is 0. The van der Waals surface area contributed by atoms with Crippen molar-refractivity contribution in [3.8, 4) is 0 Å². The highest BCUT2D eigenvalue weighted by molar-refractivity contribution is 5.23. The Labute approximate surface area is 119 Å². The van der Waals surface area contributed by atoms with Gasteiger partial charge in [0, 0.05) is 12.6 Å². The molecule has 2 heteroatoms. The maximum Gasteiger partial charge on any atom is 0.0205 e. The zero-order chi connectivity index (χ0) is 13.8. The largest absolute Gasteiger partial charge is 0.314 e. The molecule has 0 radical (unpaired) electrons. The van der Waals surface area contributed by atoms with Crippen molar-refractivity contribution in [1.29, 1.82) is 0 Å². The first kappa shape index (κ1) is 16.2. The molecule has 0 aliphatic heterocycles. The van der Waals surface area contributed by atoms with Gasteiger partial charge in [-0.15, -0.1) is 0 Å². The van der Waals surface area contributed by atoms with Gasteiger partial charge in [0.25, 0.3) is 0 Å². The summed E-state index contributed by atoms with van der Waals surface area (Å²) in [6, 6.07) is 0.784. The first-order chi connectivity index (χ1) is 9.36. The Morgan fingerprint density at radius 3 is 2.68 bits per heavy atom. The summed E-state index contributed by atoms with van der Waals surface area (Å²) in [5, 5.41) is 7.14. The summed E-state index contributed by atoms with van der Waals surface area (Å²) in [7, 11) is 0. The van der Waals surface area contributed by atoms with Crippen LogP contribution in [0.1, 0.15) is 45.4 Å². The molecule has 1 saturated carbocycles. The van der Waals surface area contributed by atoms with Crippen molar-refractivity contribution in [1.82, 2.24) is 10.6 Å². The van der Waals surface area contributed by atoms with Crippen LogP contribution in [0.4, 0.5) is 0 Å². The van der Waals surface area contributed by atoms with Crippen LogP contribution < -0.4 is 10.6 Å². The van der Waals surface area contributed by atoms with Gasteiger partial charge in [0.15, 0.2) is 0 Å². The minimum atomic E-state index is 0.784. The first-order valence-electron chi connectivity index (χ1n) is 7.75. The van der Waals surface area contributed by atoms with E-state index >= 15 is 0 Å². The van der Waals surface area contributed by atoms with Crippen LogP contribution in [-0.2, 0) is 0 Å². The number of nitrogens with one attached hydrogen (secondary N) is 2. The zero-order valence-electron chi connectivity index (χ0n) is 12.5. The van der Waals surface area contributed by atoms with Gasteiger partial charge in [0.05, 0.1) is 0 Å². The van der Waals surface area contributed by atoms with Gasteiger partial charge in [-0.1, -0.05) is 50.1 Å². The fraction of sp³-hybridized carbons (Fsp3) is 0.647. The van der Waals surface area contributed by atoms with Crippen molar-refractivity contribution in [2.45, 2.75) is 51.5 Å². The van der Waals surface area contributed by atoms with Gasteiger partial charge in [-0.3, -0.25) is 0 Å². The molecule has 0 aromatic rings. The molecule has 1 aliphatic rings. The molecule has 0 atom stereocenters. The molecular formula is C17H30N2. The lowest BCUT2D eigenvalue weighted by Crippen LogP contribution is -2.33. The van der Waals surface area contributed by atoms with E-state index in [0.717, 1.165) is 25.7 Å². The van der Waals surface area contributed by atoms with E-state index in [1.807, 2.05) is 19.1 Å². The molecule has 0 spiro atoms. The van der Waals surface area contributed by atoms with E-state index in [-0.39, 0.29) is 0 Å². The van der Waals surface area contributed by atoms with Crippen LogP contribution in [0.2, 0.25) is 0 Å². The highest BCUT2D eigenvalue weighted by Gasteiger charge is 2.11. The Hall–Kier alpha value is -0.860. The highest BCUT2D eigenvalue weighted by Crippen LogP contribution is 2.17. The number of hydrogen-bond acceptors (Lipinski definition) is 2. The van der Waals surface area contributed by atoms with Gasteiger partial charge in [-0.25, -0.2) is 0 Å². The molecule has 0 aromatic carbocycles. The second-order valence-electron chi connectivity index (χ2n) is 5.29. The third kappa shape index (κ3) is 8.02. The van der Waals surface area contributed by atoms with E-state index in [2.05, 4.69) is 29.4 Å². The number of allylic oxidation sites excluding steroid dienone is 3. The van der Waals surface area contributed by atoms with Crippen LogP contribution in [0, 0.1) is 0 Å². The maximum atomic E-state index is 3.84. The lowest BCUT2D eigenvalue weighted by molar-refractivity contribution is 0.371. The maximum absolute atomic E-state index is 3.84. The van der Waals surface area contributed by atoms with Gasteiger partial charge in [0.1, 0.15) is 0 Å². The van der Waals surface area contributed by atoms with Crippen LogP contribution in [0.5, 0.6) is 0 Å². The minimum Gasteiger partial charge on any atom is -0.314 e. The van der Waals surface area contributed by atoms with E-state index in [1.165, 1.54) is 44.1 Å². The number of hydrogen-bond donors (Lipinski definition) is 2. The smallest absolute Gasteiger partial charge is 0.0205 e. The average Bonchev–Trinajstić information content (AvgIpc) is 2.47. The third-order valence-corrected chi connectivity index (χ3v) is 3.66. The molecule has 2 N–H and O–H groups in total. The number of rotatable bonds is 9. The quantitative estimate of drug-likeness (QED) is 0.490. The monoisotopic (exact) mass is 262 g/mol. The van der Waals surface area contributed by atoms with E-state index in [1.54, 1.807) is 0 Å². The summed E-state index contributed by atoms with van der Waals surface area (Å²) in [6.45, 7) is 8.99. The highest BCUT2D eigenvalue weighted by atomic mass is 14.9. The van der Waals surface area contributed by atoms with Crippen LogP contribution in [0.3, 0.4) is 0 Å². The van der Waals surface area contributed by atoms with Crippen molar-refractivity contribution in [3.05, 3.63) is 36.5 Å². The standard InChI is InChI=1S/C17H30N2/c1-3-5-10-16(4-2)15-18-13-9-14-19-17-11-7-6-8-12-17/h3-5,10,17-19H,2,6-9,11-15H2,1H3/b5-3-,16-10+. The lowest BCUT2D eigenvalue weighted by Gasteiger charge is -2.22. The van der Waals surface area contributed by atoms with Crippen molar-refractivity contribution >= 4 is 0 Å². The molecule has 19 heavy (non-hydrogen) atoms. The van der Waals surface area contributed by atoms with E-state index in [4.69, 9.17) is 0 Å². The summed E-state index contributed by atoms with van der Waals surface area (Å²) >= 11 is 0. The minimum absolute atomic E-state index is 0.784. The molecule has 2 nitrogen and oxygen atoms in total. The molecule has 0 saturated heterocycles. The van der Waals surface area contributed by atoms with Gasteiger partial charge >= 0.3 is 0 Å². The molecule has 1 aliphatic carbocycles. The second kappa shape index (κ2) is 11.0. The van der Waals surface area contributed by atoms with E-state index in [9.17, 15) is 0 Å². The van der Waals surface area contributed by atoms with Crippen molar-refractivity contribution in [2.24, 2.45) is 0 Å². The Morgan fingerprint density at radius 2 is 2.00 bits per heavy atom. The zero-order valence-corrected chi connectivity index (χ0v) is 12.5. The summed E-state index contributed by atoms with van der Waals surface area (Å²) < 4.78 is 0. The second-order valence-corrected chi connectivity index (χ2v) is 5.29. The van der Waals surface area contributed by atoms with Crippen LogP contribution in [-0.4, -0.2) is 25.7 Å². The van der Waals surface area contributed by atoms with Crippen LogP contribution in [0.15, 0.2) is 36.5 Å². The van der Waals surface area contributed by atoms with Crippen molar-refractivity contribution in [2.75, 3.05) is 19.6 Å². The predicted molar refractivity (Wildman–Crippen MR) is 85.5 cm³/mol. The predicted octanol–water partition coefficient (Wildman–Crippen LogP) is 3.58. The van der Waals surface area contributed by atoms with Crippen LogP contribution in [0.25, 0.3) is 0 Å². The molecule has 1 rings (SSSR count). The molecule has 0 amide bonds. The fourth-order valence-corrected chi connectivity index (χ4v) is 2.48. The molecule has 0 bridgehead atoms. The Balaban J connectivity index is 1.99. The average molecular weight is 262 g/mol. The Bertz CT molecular complexity index is 286. The Morgan fingerprint density at radius 1 is 1.21 bits per heavy atom. The van der Waals surface area contributed by atoms with E-state index in [0.29, 0.717) is 0 Å². The normalized spacial score (nSPS) is 18.1. The molecule has 0 heterocycles. The third-order valence-electron chi connectivity index (χ3n) is 3.66. The first-order valence-corrected chi connectivity index (χ1v) is 7.75. The van der Waals surface area contributed by atoms with Crippen LogP contribution >= 0.6 is 0 Å². The summed E-state index contributed by atoms with van der Waals surface area (Å²) in [4.78, 5) is 0. The fourth-order valence-electron chi connectivity index (χ4n) is 2.48. The molecule has 108 valence electrons. The SMILES string of the molecule is C=C/C(=C\C=C/C)CNCCCNC1CCCCC1.